The quantitative estimate of drug-likeness (QED) is 0.722. The molecule has 1 N–H and O–H groups in total. The molecule has 1 fully saturated rings. The van der Waals surface area contributed by atoms with Gasteiger partial charge >= 0.3 is 5.63 Å². The minimum Gasteiger partial charge on any atom is -0.427 e. The lowest BCUT2D eigenvalue weighted by Crippen LogP contribution is -2.57. The fraction of sp³-hybridized carbons (Fsp3) is 0.409. The van der Waals surface area contributed by atoms with Crippen molar-refractivity contribution in [3.8, 4) is 11.3 Å². The lowest BCUT2D eigenvalue weighted by molar-refractivity contribution is 0.139. The molecule has 3 aromatic heterocycles. The normalized spacial score (nSPS) is 24.7. The van der Waals surface area contributed by atoms with E-state index < -0.39 is 0 Å². The van der Waals surface area contributed by atoms with Gasteiger partial charge in [0.25, 0.3) is 0 Å². The Morgan fingerprint density at radius 3 is 2.79 bits per heavy atom. The molecule has 0 amide bonds. The van der Waals surface area contributed by atoms with Gasteiger partial charge in [0.05, 0.1) is 23.1 Å². The molecule has 0 bridgehead atoms. The third kappa shape index (κ3) is 3.41. The highest BCUT2D eigenvalue weighted by Gasteiger charge is 2.29. The molecule has 1 aliphatic carbocycles. The van der Waals surface area contributed by atoms with E-state index in [-0.39, 0.29) is 11.7 Å². The molecule has 150 valence electrons. The zero-order chi connectivity index (χ0) is 20.1. The molecule has 3 atom stereocenters. The predicted molar refractivity (Wildman–Crippen MR) is 112 cm³/mol. The molecule has 0 spiro atoms. The number of hydrogen-bond acceptors (Lipinski definition) is 6. The summed E-state index contributed by atoms with van der Waals surface area (Å²) in [6, 6.07) is 6.86. The van der Waals surface area contributed by atoms with Gasteiger partial charge in [0.2, 0.25) is 0 Å². The molecule has 2 aliphatic rings. The molecule has 0 aromatic carbocycles. The zero-order valence-corrected chi connectivity index (χ0v) is 16.9. The number of hydrogen-bond donors (Lipinski definition) is 1. The maximum atomic E-state index is 12.7. The number of rotatable bonds is 2. The maximum absolute atomic E-state index is 12.7. The van der Waals surface area contributed by atoms with Crippen LogP contribution in [0.2, 0.25) is 0 Å². The second-order valence-corrected chi connectivity index (χ2v) is 8.28. The van der Waals surface area contributed by atoms with Crippen LogP contribution in [-0.4, -0.2) is 50.7 Å². The summed E-state index contributed by atoms with van der Waals surface area (Å²) in [6.07, 6.45) is 6.80. The molecule has 29 heavy (non-hydrogen) atoms. The minimum absolute atomic E-state index is 0.255. The second-order valence-electron chi connectivity index (χ2n) is 8.28. The summed E-state index contributed by atoms with van der Waals surface area (Å²) in [4.78, 5) is 19.7. The first-order valence-electron chi connectivity index (χ1n) is 10.1. The molecule has 1 saturated heterocycles. The van der Waals surface area contributed by atoms with E-state index in [1.54, 1.807) is 10.7 Å². The number of aromatic nitrogens is 3. The van der Waals surface area contributed by atoms with E-state index in [9.17, 15) is 4.79 Å². The second kappa shape index (κ2) is 6.93. The SMILES string of the molecule is Cc1ccc2nc(-c3cc4c(oc3=O)CC(N3C[C@@H](C)N[C@@H](C)C3)C=C4)cn2n1. The van der Waals surface area contributed by atoms with Gasteiger partial charge in [0.15, 0.2) is 5.65 Å². The molecular weight excluding hydrogens is 366 g/mol. The fourth-order valence-electron chi connectivity index (χ4n) is 4.47. The van der Waals surface area contributed by atoms with E-state index in [1.165, 1.54) is 0 Å². The van der Waals surface area contributed by atoms with Gasteiger partial charge in [0, 0.05) is 43.2 Å². The predicted octanol–water partition coefficient (Wildman–Crippen LogP) is 2.28. The lowest BCUT2D eigenvalue weighted by Gasteiger charge is -2.40. The molecular formula is C22H25N5O2. The molecule has 1 aliphatic heterocycles. The molecule has 1 unspecified atom stereocenters. The van der Waals surface area contributed by atoms with E-state index in [4.69, 9.17) is 4.42 Å². The highest BCUT2D eigenvalue weighted by Crippen LogP contribution is 2.26. The van der Waals surface area contributed by atoms with E-state index >= 15 is 0 Å². The Hall–Kier alpha value is -2.77. The summed E-state index contributed by atoms with van der Waals surface area (Å²) in [6.45, 7) is 8.32. The molecule has 0 saturated carbocycles. The van der Waals surface area contributed by atoms with Crippen molar-refractivity contribution in [1.29, 1.82) is 0 Å². The van der Waals surface area contributed by atoms with Crippen LogP contribution in [0.15, 0.2) is 39.7 Å². The standard InChI is InChI=1S/C22H25N5O2/c1-13-4-7-21-24-19(12-27(21)25-13)18-8-16-5-6-17(9-20(16)29-22(18)28)26-10-14(2)23-15(3)11-26/h4-8,12,14-15,17,23H,9-11H2,1-3H3/t14-,15+,17?. The van der Waals surface area contributed by atoms with Crippen molar-refractivity contribution in [2.24, 2.45) is 0 Å². The van der Waals surface area contributed by atoms with E-state index in [2.05, 4.69) is 46.3 Å². The third-order valence-corrected chi connectivity index (χ3v) is 5.73. The number of aryl methyl sites for hydroxylation is 1. The smallest absolute Gasteiger partial charge is 0.345 e. The van der Waals surface area contributed by atoms with Crippen LogP contribution >= 0.6 is 0 Å². The summed E-state index contributed by atoms with van der Waals surface area (Å²) in [7, 11) is 0. The van der Waals surface area contributed by atoms with Crippen molar-refractivity contribution >= 4 is 11.7 Å². The minimum atomic E-state index is -0.347. The number of fused-ring (bicyclic) bond motifs is 2. The first-order chi connectivity index (χ1) is 14.0. The third-order valence-electron chi connectivity index (χ3n) is 5.73. The van der Waals surface area contributed by atoms with Crippen molar-refractivity contribution in [2.45, 2.75) is 45.3 Å². The average molecular weight is 391 g/mol. The molecule has 7 heteroatoms. The topological polar surface area (TPSA) is 75.7 Å². The van der Waals surface area contributed by atoms with Gasteiger partial charge in [0.1, 0.15) is 5.76 Å². The van der Waals surface area contributed by atoms with Crippen LogP contribution in [-0.2, 0) is 6.42 Å². The van der Waals surface area contributed by atoms with Crippen LogP contribution in [0.1, 0.15) is 30.9 Å². The van der Waals surface area contributed by atoms with Crippen molar-refractivity contribution in [2.75, 3.05) is 13.1 Å². The first kappa shape index (κ1) is 18.3. The van der Waals surface area contributed by atoms with Crippen LogP contribution in [0, 0.1) is 6.92 Å². The molecule has 3 aromatic rings. The van der Waals surface area contributed by atoms with Crippen LogP contribution in [0.5, 0.6) is 0 Å². The Kier molecular flexibility index (Phi) is 4.37. The van der Waals surface area contributed by atoms with E-state index in [0.29, 0.717) is 35.4 Å². The van der Waals surface area contributed by atoms with Gasteiger partial charge in [-0.1, -0.05) is 12.2 Å². The Morgan fingerprint density at radius 1 is 1.21 bits per heavy atom. The number of nitrogens with one attached hydrogen (secondary N) is 1. The van der Waals surface area contributed by atoms with Crippen LogP contribution in [0.4, 0.5) is 0 Å². The summed E-state index contributed by atoms with van der Waals surface area (Å²) in [5.74, 6) is 0.753. The number of nitrogens with zero attached hydrogens (tertiary/aromatic N) is 4. The molecule has 7 nitrogen and oxygen atoms in total. The van der Waals surface area contributed by atoms with Gasteiger partial charge in [-0.25, -0.2) is 14.3 Å². The highest BCUT2D eigenvalue weighted by atomic mass is 16.4. The van der Waals surface area contributed by atoms with Crippen molar-refractivity contribution < 1.29 is 4.42 Å². The van der Waals surface area contributed by atoms with Crippen molar-refractivity contribution in [1.82, 2.24) is 24.8 Å². The summed E-state index contributed by atoms with van der Waals surface area (Å²) >= 11 is 0. The van der Waals surface area contributed by atoms with Crippen LogP contribution < -0.4 is 10.9 Å². The summed E-state index contributed by atoms with van der Waals surface area (Å²) < 4.78 is 7.46. The summed E-state index contributed by atoms with van der Waals surface area (Å²) in [5, 5.41) is 7.97. The van der Waals surface area contributed by atoms with E-state index in [1.807, 2.05) is 25.1 Å². The van der Waals surface area contributed by atoms with Gasteiger partial charge < -0.3 is 9.73 Å². The van der Waals surface area contributed by atoms with Crippen LogP contribution in [0.25, 0.3) is 23.0 Å². The van der Waals surface area contributed by atoms with Crippen molar-refractivity contribution in [3.63, 3.8) is 0 Å². The largest absolute Gasteiger partial charge is 0.427 e. The Morgan fingerprint density at radius 2 is 2.00 bits per heavy atom. The zero-order valence-electron chi connectivity index (χ0n) is 16.9. The average Bonchev–Trinajstić information content (AvgIpc) is 3.09. The fourth-order valence-corrected chi connectivity index (χ4v) is 4.47. The molecule has 5 rings (SSSR count). The first-order valence-corrected chi connectivity index (χ1v) is 10.1. The van der Waals surface area contributed by atoms with E-state index in [0.717, 1.165) is 30.1 Å². The Labute approximate surface area is 169 Å². The molecule has 0 radical (unpaired) electrons. The van der Waals surface area contributed by atoms with Crippen molar-refractivity contribution in [3.05, 3.63) is 57.9 Å². The van der Waals surface area contributed by atoms with Gasteiger partial charge in [-0.2, -0.15) is 5.10 Å². The highest BCUT2D eigenvalue weighted by molar-refractivity contribution is 5.66. The maximum Gasteiger partial charge on any atom is 0.345 e. The van der Waals surface area contributed by atoms with Gasteiger partial charge in [-0.15, -0.1) is 0 Å². The van der Waals surface area contributed by atoms with Gasteiger partial charge in [-0.3, -0.25) is 4.90 Å². The number of piperazine rings is 1. The summed E-state index contributed by atoms with van der Waals surface area (Å²) in [5.41, 5.74) is 3.26. The Balaban J connectivity index is 1.46. The monoisotopic (exact) mass is 391 g/mol. The molecule has 4 heterocycles. The van der Waals surface area contributed by atoms with Crippen LogP contribution in [0.3, 0.4) is 0 Å². The van der Waals surface area contributed by atoms with Gasteiger partial charge in [-0.05, 0) is 39.0 Å². The lowest BCUT2D eigenvalue weighted by atomic mass is 9.96. The Bertz CT molecular complexity index is 1150. The number of imidazole rings is 1.